The molecule has 22 heteroatoms. The highest BCUT2D eigenvalue weighted by atomic mass is 32.2. The quantitative estimate of drug-likeness (QED) is 0.0908. The minimum atomic E-state index is -0.924. The zero-order chi connectivity index (χ0) is 60.5. The number of benzene rings is 2. The summed E-state index contributed by atoms with van der Waals surface area (Å²) in [6.45, 7) is 22.6. The third-order valence-electron chi connectivity index (χ3n) is 15.4. The predicted octanol–water partition coefficient (Wildman–Crippen LogP) is 7.18. The Morgan fingerprint density at radius 3 is 1.27 bits per heavy atom. The third kappa shape index (κ3) is 17.0. The van der Waals surface area contributed by atoms with Crippen molar-refractivity contribution in [2.24, 2.45) is 10.8 Å². The van der Waals surface area contributed by atoms with Gasteiger partial charge in [-0.2, -0.15) is 0 Å². The minimum Gasteiger partial charge on any atom is -0.444 e. The van der Waals surface area contributed by atoms with Crippen molar-refractivity contribution in [2.75, 3.05) is 52.0 Å². The lowest BCUT2D eigenvalue weighted by Gasteiger charge is -2.35. The van der Waals surface area contributed by atoms with Gasteiger partial charge in [0, 0.05) is 27.3 Å². The number of carbonyl (C=O) groups is 8. The number of hydrogen-bond acceptors (Lipinski definition) is 14. The van der Waals surface area contributed by atoms with Crippen LogP contribution in [0.25, 0.3) is 0 Å². The number of fused-ring (bicyclic) bond motifs is 2. The minimum absolute atomic E-state index is 0.161. The van der Waals surface area contributed by atoms with Crippen LogP contribution in [0.5, 0.6) is 0 Å². The molecular formula is C60H90N8O12S2. The van der Waals surface area contributed by atoms with E-state index in [0.717, 1.165) is 11.1 Å². The van der Waals surface area contributed by atoms with E-state index in [0.29, 0.717) is 63.2 Å². The number of likely N-dealkylation sites (N-methyl/N-ethyl adjacent to an activating group) is 2. The van der Waals surface area contributed by atoms with Gasteiger partial charge in [-0.25, -0.2) is 9.59 Å². The van der Waals surface area contributed by atoms with Crippen LogP contribution < -0.4 is 21.3 Å². The molecule has 82 heavy (non-hydrogen) atoms. The van der Waals surface area contributed by atoms with E-state index in [1.807, 2.05) is 88.4 Å². The van der Waals surface area contributed by atoms with Crippen LogP contribution in [0.1, 0.15) is 145 Å². The molecule has 0 aromatic heterocycles. The van der Waals surface area contributed by atoms with E-state index in [1.165, 1.54) is 23.9 Å². The molecule has 2 aromatic rings. The molecule has 0 radical (unpaired) electrons. The topological polar surface area (TPSA) is 235 Å². The molecule has 4 heterocycles. The molecule has 6 rings (SSSR count). The van der Waals surface area contributed by atoms with Crippen molar-refractivity contribution in [1.29, 1.82) is 0 Å². The molecule has 4 aliphatic rings. The average molecular weight is 1180 g/mol. The smallest absolute Gasteiger partial charge is 0.410 e. The molecule has 0 aliphatic carbocycles. The highest BCUT2D eigenvalue weighted by Crippen LogP contribution is 2.48. The first-order chi connectivity index (χ1) is 38.4. The van der Waals surface area contributed by atoms with Crippen LogP contribution >= 0.6 is 23.5 Å². The lowest BCUT2D eigenvalue weighted by atomic mass is 9.83. The molecule has 0 spiro atoms. The fraction of sp³-hybridized carbons (Fsp3) is 0.667. The van der Waals surface area contributed by atoms with Crippen molar-refractivity contribution < 1.29 is 57.3 Å². The van der Waals surface area contributed by atoms with E-state index in [2.05, 4.69) is 21.3 Å². The van der Waals surface area contributed by atoms with Crippen molar-refractivity contribution in [1.82, 2.24) is 40.9 Å². The van der Waals surface area contributed by atoms with Gasteiger partial charge in [-0.1, -0.05) is 88.4 Å². The fourth-order valence-electron chi connectivity index (χ4n) is 10.7. The fourth-order valence-corrected chi connectivity index (χ4v) is 13.9. The van der Waals surface area contributed by atoms with E-state index < -0.39 is 94.4 Å². The van der Waals surface area contributed by atoms with Gasteiger partial charge in [0.1, 0.15) is 47.5 Å². The average Bonchev–Trinajstić information content (AvgIpc) is 4.01. The summed E-state index contributed by atoms with van der Waals surface area (Å²) in [4.78, 5) is 117. The molecule has 8 amide bonds. The Morgan fingerprint density at radius 2 is 0.939 bits per heavy atom. The zero-order valence-electron chi connectivity index (χ0n) is 50.5. The second kappa shape index (κ2) is 27.9. The second-order valence-corrected chi connectivity index (χ2v) is 27.9. The molecule has 454 valence electrons. The number of amides is 8. The molecule has 0 unspecified atom stereocenters. The highest BCUT2D eigenvalue weighted by Gasteiger charge is 2.56. The number of thioether (sulfide) groups is 2. The van der Waals surface area contributed by atoms with Crippen molar-refractivity contribution in [3.8, 4) is 0 Å². The van der Waals surface area contributed by atoms with Gasteiger partial charge in [0.05, 0.1) is 36.0 Å². The molecular weight excluding hydrogens is 1090 g/mol. The van der Waals surface area contributed by atoms with Crippen molar-refractivity contribution in [2.45, 2.75) is 192 Å². The first-order valence-electron chi connectivity index (χ1n) is 28.7. The van der Waals surface area contributed by atoms with Crippen molar-refractivity contribution >= 4 is 71.2 Å². The van der Waals surface area contributed by atoms with Gasteiger partial charge in [0.15, 0.2) is 0 Å². The van der Waals surface area contributed by atoms with Crippen LogP contribution in [-0.4, -0.2) is 177 Å². The molecule has 0 bridgehead atoms. The maximum Gasteiger partial charge on any atom is 0.410 e. The summed E-state index contributed by atoms with van der Waals surface area (Å²) >= 11 is 3.19. The summed E-state index contributed by atoms with van der Waals surface area (Å²) in [5.74, 6) is -1.17. The number of hydrogen-bond donors (Lipinski definition) is 4. The van der Waals surface area contributed by atoms with Gasteiger partial charge in [-0.15, -0.1) is 23.5 Å². The molecule has 10 atom stereocenters. The predicted molar refractivity (Wildman–Crippen MR) is 316 cm³/mol. The highest BCUT2D eigenvalue weighted by molar-refractivity contribution is 8.00. The van der Waals surface area contributed by atoms with Gasteiger partial charge in [0.25, 0.3) is 0 Å². The van der Waals surface area contributed by atoms with Crippen molar-refractivity contribution in [3.63, 3.8) is 0 Å². The summed E-state index contributed by atoms with van der Waals surface area (Å²) in [5.41, 5.74) is -1.05. The Bertz CT molecular complexity index is 2390. The van der Waals surface area contributed by atoms with Gasteiger partial charge in [0.2, 0.25) is 35.4 Å². The number of rotatable bonds is 21. The largest absolute Gasteiger partial charge is 0.444 e. The Morgan fingerprint density at radius 1 is 0.598 bits per heavy atom. The molecule has 0 saturated carbocycles. The zero-order valence-corrected chi connectivity index (χ0v) is 52.2. The van der Waals surface area contributed by atoms with Crippen LogP contribution in [0.15, 0.2) is 60.7 Å². The number of carbonyl (C=O) groups excluding carboxylic acids is 8. The first-order valence-corrected chi connectivity index (χ1v) is 30.8. The van der Waals surface area contributed by atoms with Crippen LogP contribution in [0.4, 0.5) is 9.59 Å². The molecule has 2 aromatic carbocycles. The van der Waals surface area contributed by atoms with Crippen molar-refractivity contribution in [3.05, 3.63) is 71.8 Å². The standard InChI is InChI=1S/C60H90N8O12S2/c1-37(65(13)55(75)79-57(3,4)5)49(69)61-41-27-31-81-45-33-59(9,10)47(67(45)53(41)73)51(71)63-43(39-23-17-15-18-24-39)35-77-29-21-22-30-78-36-44(40-25-19-16-20-26-40)64-52(72)48-60(11,12)34-46-68(48)54(74)42(28-32-82-46)62-50(70)38(2)66(14)56(76)80-58(6,7)8/h15-20,23-26,37-38,41-48H,21-22,27-36H2,1-14H3,(H,61,69)(H,62,70)(H,63,71)(H,64,72)/t37-,38-,41-,42-,43+,44+,45-,46-,47+,48+/m0/s1. The van der Waals surface area contributed by atoms with E-state index in [-0.39, 0.29) is 47.6 Å². The van der Waals surface area contributed by atoms with E-state index >= 15 is 0 Å². The number of nitrogens with zero attached hydrogens (tertiary/aromatic N) is 4. The Hall–Kier alpha value is -5.58. The number of nitrogens with one attached hydrogen (secondary N) is 4. The molecule has 4 fully saturated rings. The molecule has 4 saturated heterocycles. The maximum atomic E-state index is 14.6. The van der Waals surface area contributed by atoms with Gasteiger partial charge in [-0.05, 0) is 127 Å². The maximum absolute atomic E-state index is 14.6. The second-order valence-electron chi connectivity index (χ2n) is 25.4. The number of ether oxygens (including phenoxy) is 4. The van der Waals surface area contributed by atoms with Crippen LogP contribution in [0.2, 0.25) is 0 Å². The molecule has 20 nitrogen and oxygen atoms in total. The monoisotopic (exact) mass is 1180 g/mol. The van der Waals surface area contributed by atoms with Crippen LogP contribution in [0, 0.1) is 10.8 Å². The summed E-state index contributed by atoms with van der Waals surface area (Å²) in [6, 6.07) is 12.6. The lowest BCUT2D eigenvalue weighted by Crippen LogP contribution is -2.58. The van der Waals surface area contributed by atoms with Gasteiger partial charge in [-0.3, -0.25) is 38.6 Å². The van der Waals surface area contributed by atoms with Crippen LogP contribution in [-0.2, 0) is 47.7 Å². The molecule has 4 aliphatic heterocycles. The van der Waals surface area contributed by atoms with Gasteiger partial charge >= 0.3 is 12.2 Å². The normalized spacial score (nSPS) is 23.8. The lowest BCUT2D eigenvalue weighted by molar-refractivity contribution is -0.144. The summed E-state index contributed by atoms with van der Waals surface area (Å²) in [5, 5.41) is 11.7. The molecule has 4 N–H and O–H groups in total. The Labute approximate surface area is 493 Å². The number of unbranched alkanes of at least 4 members (excludes halogenated alkanes) is 1. The van der Waals surface area contributed by atoms with E-state index in [4.69, 9.17) is 18.9 Å². The third-order valence-corrected chi connectivity index (χ3v) is 17.9. The Kier molecular flexibility index (Phi) is 22.3. The SMILES string of the molecule is C[C@@H](C(=O)N[C@H]1CCS[C@H]2CC(C)(C)[C@@H](C(=O)N[C@H](COCCCCOC[C@@H](NC(=O)[C@H]3N4C(=O)[C@@H](NC(=O)[C@H](C)N(C)C(=O)OC(C)(C)C)CCS[C@H]4CC3(C)C)c3ccccc3)c3ccccc3)N2C1=O)N(C)C(=O)OC(C)(C)C. The van der Waals surface area contributed by atoms with Crippen LogP contribution in [0.3, 0.4) is 0 Å². The first kappa shape index (κ1) is 65.6. The van der Waals surface area contributed by atoms with E-state index in [9.17, 15) is 38.4 Å². The summed E-state index contributed by atoms with van der Waals surface area (Å²) in [6.07, 6.45) is 1.83. The summed E-state index contributed by atoms with van der Waals surface area (Å²) < 4.78 is 23.4. The Balaban J connectivity index is 1.03. The summed E-state index contributed by atoms with van der Waals surface area (Å²) in [7, 11) is 2.96. The van der Waals surface area contributed by atoms with E-state index in [1.54, 1.807) is 88.7 Å². The van der Waals surface area contributed by atoms with Gasteiger partial charge < -0.3 is 50.0 Å².